The molecule has 0 aliphatic rings. The van der Waals surface area contributed by atoms with Gasteiger partial charge in [-0.1, -0.05) is 6.92 Å². The highest BCUT2D eigenvalue weighted by Gasteiger charge is 2.23. The number of aliphatic imine (C=N–C) groups is 1. The number of nitrogens with one attached hydrogen (secondary N) is 2. The van der Waals surface area contributed by atoms with Crippen molar-refractivity contribution in [1.82, 2.24) is 15.6 Å². The lowest BCUT2D eigenvalue weighted by molar-refractivity contribution is 0.0621. The summed E-state index contributed by atoms with van der Waals surface area (Å²) in [6.07, 6.45) is 2.92. The lowest BCUT2D eigenvalue weighted by Crippen LogP contribution is -2.44. The van der Waals surface area contributed by atoms with E-state index in [2.05, 4.69) is 27.5 Å². The maximum atomic E-state index is 10.6. The fourth-order valence-corrected chi connectivity index (χ4v) is 3.57. The van der Waals surface area contributed by atoms with E-state index in [1.54, 1.807) is 29.6 Å². The SMILES string of the molecule is CCNC(=NCc1ncc(CC)s1)NCC(C)(O)c1ccsc1.I. The largest absolute Gasteiger partial charge is 0.384 e. The fraction of sp³-hybridized carbons (Fsp3) is 0.500. The molecule has 5 nitrogen and oxygen atoms in total. The Morgan fingerprint density at radius 2 is 2.17 bits per heavy atom. The van der Waals surface area contributed by atoms with Crippen LogP contribution in [0.1, 0.15) is 36.2 Å². The molecule has 2 aromatic heterocycles. The van der Waals surface area contributed by atoms with Crippen LogP contribution in [0.25, 0.3) is 0 Å². The molecule has 0 saturated carbocycles. The van der Waals surface area contributed by atoms with Gasteiger partial charge in [-0.3, -0.25) is 0 Å². The number of nitrogens with zero attached hydrogens (tertiary/aromatic N) is 2. The maximum Gasteiger partial charge on any atom is 0.191 e. The maximum absolute atomic E-state index is 10.6. The summed E-state index contributed by atoms with van der Waals surface area (Å²) in [5.41, 5.74) is -0.00871. The molecule has 0 bridgehead atoms. The second kappa shape index (κ2) is 10.3. The third-order valence-electron chi connectivity index (χ3n) is 3.41. The van der Waals surface area contributed by atoms with Crippen LogP contribution >= 0.6 is 46.7 Å². The molecule has 8 heteroatoms. The summed E-state index contributed by atoms with van der Waals surface area (Å²) in [6, 6.07) is 1.94. The molecule has 1 unspecified atom stereocenters. The summed E-state index contributed by atoms with van der Waals surface area (Å²) < 4.78 is 0. The summed E-state index contributed by atoms with van der Waals surface area (Å²) in [7, 11) is 0. The van der Waals surface area contributed by atoms with E-state index >= 15 is 0 Å². The molecule has 0 spiro atoms. The Morgan fingerprint density at radius 1 is 1.38 bits per heavy atom. The van der Waals surface area contributed by atoms with Gasteiger partial charge in [0, 0.05) is 17.6 Å². The first kappa shape index (κ1) is 21.3. The highest BCUT2D eigenvalue weighted by Crippen LogP contribution is 2.22. The van der Waals surface area contributed by atoms with E-state index in [9.17, 15) is 5.11 Å². The third kappa shape index (κ3) is 6.30. The highest BCUT2D eigenvalue weighted by atomic mass is 127. The summed E-state index contributed by atoms with van der Waals surface area (Å²) >= 11 is 3.28. The van der Waals surface area contributed by atoms with Crippen LogP contribution in [-0.4, -0.2) is 29.1 Å². The molecule has 2 aromatic rings. The van der Waals surface area contributed by atoms with Gasteiger partial charge in [-0.2, -0.15) is 11.3 Å². The number of aryl methyl sites for hydroxylation is 1. The molecule has 134 valence electrons. The molecule has 0 aliphatic heterocycles. The van der Waals surface area contributed by atoms with Crippen LogP contribution in [0, 0.1) is 0 Å². The molecule has 0 aliphatic carbocycles. The molecule has 2 rings (SSSR count). The zero-order valence-corrected chi connectivity index (χ0v) is 18.2. The summed E-state index contributed by atoms with van der Waals surface area (Å²) in [5.74, 6) is 0.691. The average molecular weight is 480 g/mol. The molecule has 0 fully saturated rings. The average Bonchev–Trinajstić information content (AvgIpc) is 3.21. The van der Waals surface area contributed by atoms with Gasteiger partial charge in [0.15, 0.2) is 5.96 Å². The zero-order chi connectivity index (χ0) is 16.7. The molecule has 24 heavy (non-hydrogen) atoms. The predicted molar refractivity (Wildman–Crippen MR) is 114 cm³/mol. The van der Waals surface area contributed by atoms with E-state index < -0.39 is 5.60 Å². The first-order valence-electron chi connectivity index (χ1n) is 7.76. The monoisotopic (exact) mass is 480 g/mol. The van der Waals surface area contributed by atoms with Gasteiger partial charge in [-0.15, -0.1) is 35.3 Å². The molecular formula is C16H25IN4OS2. The lowest BCUT2D eigenvalue weighted by Gasteiger charge is -2.24. The second-order valence-corrected chi connectivity index (χ2v) is 7.39. The first-order chi connectivity index (χ1) is 11.0. The van der Waals surface area contributed by atoms with Crippen molar-refractivity contribution in [2.24, 2.45) is 4.99 Å². The van der Waals surface area contributed by atoms with Crippen LogP contribution < -0.4 is 10.6 Å². The van der Waals surface area contributed by atoms with Crippen LogP contribution in [0.15, 0.2) is 28.0 Å². The van der Waals surface area contributed by atoms with E-state index in [-0.39, 0.29) is 24.0 Å². The smallest absolute Gasteiger partial charge is 0.191 e. The van der Waals surface area contributed by atoms with Gasteiger partial charge in [0.1, 0.15) is 10.6 Å². The number of thiazole rings is 1. The van der Waals surface area contributed by atoms with Gasteiger partial charge in [-0.05, 0) is 42.7 Å². The van der Waals surface area contributed by atoms with Gasteiger partial charge < -0.3 is 15.7 Å². The molecule has 2 heterocycles. The molecular weight excluding hydrogens is 455 g/mol. The Labute approximate surface area is 168 Å². The van der Waals surface area contributed by atoms with Crippen LogP contribution in [0.4, 0.5) is 0 Å². The Morgan fingerprint density at radius 3 is 2.75 bits per heavy atom. The number of aliphatic hydroxyl groups is 1. The van der Waals surface area contributed by atoms with E-state index in [1.807, 2.05) is 29.9 Å². The van der Waals surface area contributed by atoms with Crippen molar-refractivity contribution >= 4 is 52.6 Å². The quantitative estimate of drug-likeness (QED) is 0.323. The highest BCUT2D eigenvalue weighted by molar-refractivity contribution is 14.0. The van der Waals surface area contributed by atoms with Crippen molar-refractivity contribution in [3.05, 3.63) is 38.5 Å². The second-order valence-electron chi connectivity index (χ2n) is 5.41. The molecule has 0 aromatic carbocycles. The van der Waals surface area contributed by atoms with E-state index in [0.717, 1.165) is 23.5 Å². The van der Waals surface area contributed by atoms with Gasteiger partial charge in [0.25, 0.3) is 0 Å². The Balaban J connectivity index is 0.00000288. The fourth-order valence-electron chi connectivity index (χ4n) is 2.00. The summed E-state index contributed by atoms with van der Waals surface area (Å²) in [6.45, 7) is 7.66. The number of hydrogen-bond donors (Lipinski definition) is 3. The van der Waals surface area contributed by atoms with Crippen molar-refractivity contribution in [3.8, 4) is 0 Å². The lowest BCUT2D eigenvalue weighted by atomic mass is 9.99. The number of halogens is 1. The first-order valence-corrected chi connectivity index (χ1v) is 9.52. The Kier molecular flexibility index (Phi) is 9.17. The minimum absolute atomic E-state index is 0. The minimum Gasteiger partial charge on any atom is -0.384 e. The van der Waals surface area contributed by atoms with Crippen molar-refractivity contribution in [3.63, 3.8) is 0 Å². The Bertz CT molecular complexity index is 626. The van der Waals surface area contributed by atoms with Crippen molar-refractivity contribution in [2.75, 3.05) is 13.1 Å². The standard InChI is InChI=1S/C16H24N4OS2.HI/c1-4-13-8-18-14(23-13)9-19-15(17-5-2)20-11-16(3,21)12-6-7-22-10-12;/h6-8,10,21H,4-5,9,11H2,1-3H3,(H2,17,19,20);1H. The van der Waals surface area contributed by atoms with Crippen LogP contribution in [-0.2, 0) is 18.6 Å². The van der Waals surface area contributed by atoms with Gasteiger partial charge in [-0.25, -0.2) is 9.98 Å². The van der Waals surface area contributed by atoms with Crippen molar-refractivity contribution < 1.29 is 5.11 Å². The number of aromatic nitrogens is 1. The third-order valence-corrected chi connectivity index (χ3v) is 5.22. The van der Waals surface area contributed by atoms with Crippen LogP contribution in [0.5, 0.6) is 0 Å². The van der Waals surface area contributed by atoms with Crippen molar-refractivity contribution in [2.45, 2.75) is 39.3 Å². The number of hydrogen-bond acceptors (Lipinski definition) is 5. The van der Waals surface area contributed by atoms with Gasteiger partial charge in [0.2, 0.25) is 0 Å². The van der Waals surface area contributed by atoms with Gasteiger partial charge in [0.05, 0.1) is 13.1 Å². The summed E-state index contributed by atoms with van der Waals surface area (Å²) in [4.78, 5) is 10.2. The van der Waals surface area contributed by atoms with Crippen molar-refractivity contribution in [1.29, 1.82) is 0 Å². The normalized spacial score (nSPS) is 13.9. The van der Waals surface area contributed by atoms with E-state index in [0.29, 0.717) is 19.0 Å². The minimum atomic E-state index is -0.924. The van der Waals surface area contributed by atoms with Gasteiger partial charge >= 0.3 is 0 Å². The molecule has 0 saturated heterocycles. The zero-order valence-electron chi connectivity index (χ0n) is 14.2. The number of thiophene rings is 1. The summed E-state index contributed by atoms with van der Waals surface area (Å²) in [5, 5.41) is 21.9. The molecule has 1 atom stereocenters. The molecule has 0 amide bonds. The number of rotatable bonds is 7. The Hall–Kier alpha value is -0.710. The number of guanidine groups is 1. The topological polar surface area (TPSA) is 69.5 Å². The van der Waals surface area contributed by atoms with Crippen LogP contribution in [0.3, 0.4) is 0 Å². The van der Waals surface area contributed by atoms with E-state index in [1.165, 1.54) is 4.88 Å². The van der Waals surface area contributed by atoms with Crippen LogP contribution in [0.2, 0.25) is 0 Å². The van der Waals surface area contributed by atoms with E-state index in [4.69, 9.17) is 0 Å². The molecule has 0 radical (unpaired) electrons. The molecule has 3 N–H and O–H groups in total. The predicted octanol–water partition coefficient (Wildman–Crippen LogP) is 3.35.